The Morgan fingerprint density at radius 3 is 2.44 bits per heavy atom. The molecule has 0 aliphatic heterocycles. The van der Waals surface area contributed by atoms with Crippen molar-refractivity contribution in [2.24, 2.45) is 0 Å². The monoisotopic (exact) mass is 260 g/mol. The number of benzene rings is 1. The van der Waals surface area contributed by atoms with Crippen molar-refractivity contribution in [3.8, 4) is 6.07 Å². The Balaban J connectivity index is 2.09. The largest absolute Gasteiger partial charge is 0.334 e. The van der Waals surface area contributed by atoms with Gasteiger partial charge in [-0.05, 0) is 56.2 Å². The fourth-order valence-electron chi connectivity index (χ4n) is 2.28. The fourth-order valence-corrected chi connectivity index (χ4v) is 2.68. The van der Waals surface area contributed by atoms with Crippen LogP contribution in [0.5, 0.6) is 0 Å². The lowest BCUT2D eigenvalue weighted by Gasteiger charge is -2.21. The minimum Gasteiger partial charge on any atom is -0.334 e. The van der Waals surface area contributed by atoms with Crippen molar-refractivity contribution in [3.05, 3.63) is 29.8 Å². The topological polar surface area (TPSA) is 52.9 Å². The molecule has 0 unspecified atom stereocenters. The average Bonchev–Trinajstić information content (AvgIpc) is 2.88. The summed E-state index contributed by atoms with van der Waals surface area (Å²) in [7, 11) is 0. The number of thioether (sulfide) groups is 1. The van der Waals surface area contributed by atoms with Crippen LogP contribution < -0.4 is 5.32 Å². The summed E-state index contributed by atoms with van der Waals surface area (Å²) in [4.78, 5) is 13.2. The first-order chi connectivity index (χ1) is 8.69. The van der Waals surface area contributed by atoms with Gasteiger partial charge in [-0.25, -0.2) is 0 Å². The van der Waals surface area contributed by atoms with Crippen LogP contribution in [0.2, 0.25) is 0 Å². The lowest BCUT2D eigenvalue weighted by molar-refractivity contribution is 0.0920. The van der Waals surface area contributed by atoms with Crippen LogP contribution in [-0.2, 0) is 0 Å². The molecule has 0 aromatic heterocycles. The first kappa shape index (κ1) is 13.0. The highest BCUT2D eigenvalue weighted by atomic mass is 32.2. The Kier molecular flexibility index (Phi) is 3.93. The predicted molar refractivity (Wildman–Crippen MR) is 72.5 cm³/mol. The molecule has 1 aliphatic carbocycles. The third-order valence-electron chi connectivity index (χ3n) is 3.38. The van der Waals surface area contributed by atoms with Gasteiger partial charge < -0.3 is 5.32 Å². The standard InChI is InChI=1S/C14H16N2OS/c1-18-12-6-4-11(5-7-12)13(17)16-14(10-15)8-2-3-9-14/h4-7H,2-3,8-9H2,1H3,(H,16,17). The highest BCUT2D eigenvalue weighted by Gasteiger charge is 2.35. The van der Waals surface area contributed by atoms with Gasteiger partial charge in [0.25, 0.3) is 5.91 Å². The molecule has 1 fully saturated rings. The Hall–Kier alpha value is -1.47. The minimum atomic E-state index is -0.644. The summed E-state index contributed by atoms with van der Waals surface area (Å²) in [6, 6.07) is 9.73. The van der Waals surface area contributed by atoms with Crippen LogP contribution in [0.15, 0.2) is 29.2 Å². The van der Waals surface area contributed by atoms with Gasteiger partial charge in [-0.2, -0.15) is 5.26 Å². The van der Waals surface area contributed by atoms with Crippen molar-refractivity contribution < 1.29 is 4.79 Å². The van der Waals surface area contributed by atoms with E-state index in [9.17, 15) is 10.1 Å². The molecule has 4 heteroatoms. The molecule has 1 aliphatic rings. The summed E-state index contributed by atoms with van der Waals surface area (Å²) in [5.41, 5.74) is -0.0238. The van der Waals surface area contributed by atoms with Crippen LogP contribution in [0.4, 0.5) is 0 Å². The van der Waals surface area contributed by atoms with Gasteiger partial charge >= 0.3 is 0 Å². The number of nitrogens with zero attached hydrogens (tertiary/aromatic N) is 1. The number of carbonyl (C=O) groups excluding carboxylic acids is 1. The summed E-state index contributed by atoms with van der Waals surface area (Å²) in [6.45, 7) is 0. The molecule has 1 aromatic rings. The number of hydrogen-bond donors (Lipinski definition) is 1. The fraction of sp³-hybridized carbons (Fsp3) is 0.429. The molecular formula is C14H16N2OS. The van der Waals surface area contributed by atoms with E-state index in [0.717, 1.165) is 30.6 Å². The molecule has 94 valence electrons. The Labute approximate surface area is 112 Å². The first-order valence-electron chi connectivity index (χ1n) is 6.07. The minimum absolute atomic E-state index is 0.147. The molecule has 0 spiro atoms. The lowest BCUT2D eigenvalue weighted by Crippen LogP contribution is -2.45. The van der Waals surface area contributed by atoms with Crippen LogP contribution in [0.1, 0.15) is 36.0 Å². The van der Waals surface area contributed by atoms with Gasteiger partial charge in [0.1, 0.15) is 5.54 Å². The van der Waals surface area contributed by atoms with Crippen LogP contribution in [-0.4, -0.2) is 17.7 Å². The van der Waals surface area contributed by atoms with Gasteiger partial charge in [0.15, 0.2) is 0 Å². The molecule has 0 heterocycles. The van der Waals surface area contributed by atoms with Crippen molar-refractivity contribution in [1.29, 1.82) is 5.26 Å². The van der Waals surface area contributed by atoms with Crippen molar-refractivity contribution in [1.82, 2.24) is 5.32 Å². The van der Waals surface area contributed by atoms with Crippen molar-refractivity contribution in [2.75, 3.05) is 6.26 Å². The van der Waals surface area contributed by atoms with Gasteiger partial charge in [0, 0.05) is 10.5 Å². The molecule has 0 saturated heterocycles. The summed E-state index contributed by atoms with van der Waals surface area (Å²) in [6.07, 6.45) is 5.55. The van der Waals surface area contributed by atoms with E-state index >= 15 is 0 Å². The van der Waals surface area contributed by atoms with Gasteiger partial charge in [-0.1, -0.05) is 0 Å². The van der Waals surface area contributed by atoms with E-state index in [1.807, 2.05) is 18.4 Å². The van der Waals surface area contributed by atoms with E-state index in [1.54, 1.807) is 23.9 Å². The average molecular weight is 260 g/mol. The van der Waals surface area contributed by atoms with E-state index in [0.29, 0.717) is 5.56 Å². The summed E-state index contributed by atoms with van der Waals surface area (Å²) in [5, 5.41) is 12.1. The number of nitriles is 1. The maximum Gasteiger partial charge on any atom is 0.252 e. The number of carbonyl (C=O) groups is 1. The lowest BCUT2D eigenvalue weighted by atomic mass is 9.99. The van der Waals surface area contributed by atoms with Crippen molar-refractivity contribution in [2.45, 2.75) is 36.1 Å². The highest BCUT2D eigenvalue weighted by Crippen LogP contribution is 2.29. The van der Waals surface area contributed by atoms with E-state index in [1.165, 1.54) is 0 Å². The van der Waals surface area contributed by atoms with Gasteiger partial charge in [-0.3, -0.25) is 4.79 Å². The van der Waals surface area contributed by atoms with Gasteiger partial charge in [0.05, 0.1) is 6.07 Å². The summed E-state index contributed by atoms with van der Waals surface area (Å²) in [5.74, 6) is -0.147. The van der Waals surface area contributed by atoms with E-state index in [4.69, 9.17) is 0 Å². The second-order valence-electron chi connectivity index (χ2n) is 4.58. The molecule has 18 heavy (non-hydrogen) atoms. The quantitative estimate of drug-likeness (QED) is 0.850. The molecule has 2 rings (SSSR count). The number of rotatable bonds is 3. The third-order valence-corrected chi connectivity index (χ3v) is 4.12. The Morgan fingerprint density at radius 1 is 1.33 bits per heavy atom. The second-order valence-corrected chi connectivity index (χ2v) is 5.46. The van der Waals surface area contributed by atoms with Crippen LogP contribution in [0.3, 0.4) is 0 Å². The zero-order valence-electron chi connectivity index (χ0n) is 10.4. The normalized spacial score (nSPS) is 17.1. The van der Waals surface area contributed by atoms with E-state index < -0.39 is 5.54 Å². The molecule has 0 bridgehead atoms. The predicted octanol–water partition coefficient (Wildman–Crippen LogP) is 2.97. The molecule has 0 atom stereocenters. The molecule has 1 saturated carbocycles. The molecule has 3 nitrogen and oxygen atoms in total. The first-order valence-corrected chi connectivity index (χ1v) is 7.29. The van der Waals surface area contributed by atoms with Crippen molar-refractivity contribution in [3.63, 3.8) is 0 Å². The van der Waals surface area contributed by atoms with Crippen molar-refractivity contribution >= 4 is 17.7 Å². The smallest absolute Gasteiger partial charge is 0.252 e. The van der Waals surface area contributed by atoms with E-state index in [-0.39, 0.29) is 5.91 Å². The SMILES string of the molecule is CSc1ccc(C(=O)NC2(C#N)CCCC2)cc1. The highest BCUT2D eigenvalue weighted by molar-refractivity contribution is 7.98. The molecule has 1 amide bonds. The van der Waals surface area contributed by atoms with Gasteiger partial charge in [0.2, 0.25) is 0 Å². The summed E-state index contributed by atoms with van der Waals surface area (Å²) >= 11 is 1.64. The van der Waals surface area contributed by atoms with Gasteiger partial charge in [-0.15, -0.1) is 11.8 Å². The number of amides is 1. The molecule has 1 aromatic carbocycles. The molecular weight excluding hydrogens is 244 g/mol. The van der Waals surface area contributed by atoms with Crippen LogP contribution >= 0.6 is 11.8 Å². The second kappa shape index (κ2) is 5.45. The zero-order valence-corrected chi connectivity index (χ0v) is 11.2. The third kappa shape index (κ3) is 2.68. The Morgan fingerprint density at radius 2 is 1.94 bits per heavy atom. The maximum absolute atomic E-state index is 12.1. The maximum atomic E-state index is 12.1. The molecule has 1 N–H and O–H groups in total. The number of nitrogens with one attached hydrogen (secondary N) is 1. The molecule has 0 radical (unpaired) electrons. The summed E-state index contributed by atoms with van der Waals surface area (Å²) < 4.78 is 0. The van der Waals surface area contributed by atoms with E-state index in [2.05, 4.69) is 11.4 Å². The zero-order chi connectivity index (χ0) is 13.0. The van der Waals surface area contributed by atoms with Crippen LogP contribution in [0, 0.1) is 11.3 Å². The number of hydrogen-bond acceptors (Lipinski definition) is 3. The van der Waals surface area contributed by atoms with Crippen LogP contribution in [0.25, 0.3) is 0 Å². The Bertz CT molecular complexity index is 470.